The van der Waals surface area contributed by atoms with Crippen LogP contribution in [0.5, 0.6) is 0 Å². The Balaban J connectivity index is 3.78. The van der Waals surface area contributed by atoms with Crippen molar-refractivity contribution in [2.24, 2.45) is 11.7 Å². The second kappa shape index (κ2) is 9.43. The van der Waals surface area contributed by atoms with Crippen molar-refractivity contribution in [2.45, 2.75) is 27.2 Å². The summed E-state index contributed by atoms with van der Waals surface area (Å²) in [6, 6.07) is 0. The molecule has 0 heterocycles. The van der Waals surface area contributed by atoms with Crippen LogP contribution in [0.3, 0.4) is 0 Å². The summed E-state index contributed by atoms with van der Waals surface area (Å²) in [6.45, 7) is 10.0. The van der Waals surface area contributed by atoms with Crippen LogP contribution in [-0.2, 0) is 0 Å². The lowest BCUT2D eigenvalue weighted by Crippen LogP contribution is -2.32. The lowest BCUT2D eigenvalue weighted by molar-refractivity contribution is 0.265. The third-order valence-corrected chi connectivity index (χ3v) is 3.14. The summed E-state index contributed by atoms with van der Waals surface area (Å²) >= 11 is 6.90. The maximum Gasteiger partial charge on any atom is 0.0740 e. The van der Waals surface area contributed by atoms with E-state index in [0.29, 0.717) is 10.9 Å². The quantitative estimate of drug-likeness (QED) is 0.501. The Morgan fingerprint density at radius 2 is 2.07 bits per heavy atom. The van der Waals surface area contributed by atoms with E-state index in [1.807, 2.05) is 11.8 Å². The van der Waals surface area contributed by atoms with E-state index in [-0.39, 0.29) is 0 Å². The Labute approximate surface area is 104 Å². The van der Waals surface area contributed by atoms with Gasteiger partial charge in [-0.1, -0.05) is 33.0 Å². The zero-order valence-corrected chi connectivity index (χ0v) is 11.8. The summed E-state index contributed by atoms with van der Waals surface area (Å²) in [5.74, 6) is 3.12. The molecule has 0 saturated heterocycles. The molecule has 2 nitrogen and oxygen atoms in total. The van der Waals surface area contributed by atoms with Gasteiger partial charge in [0.05, 0.1) is 4.99 Å². The van der Waals surface area contributed by atoms with Crippen LogP contribution >= 0.6 is 24.0 Å². The summed E-state index contributed by atoms with van der Waals surface area (Å²) < 4.78 is 0. The monoisotopic (exact) mass is 248 g/mol. The lowest BCUT2D eigenvalue weighted by atomic mass is 10.2. The molecule has 0 aliphatic carbocycles. The number of thiocarbonyl (C=S) groups is 1. The van der Waals surface area contributed by atoms with Crippen molar-refractivity contribution in [1.82, 2.24) is 4.90 Å². The number of nitrogens with two attached hydrogens (primary N) is 1. The number of rotatable bonds is 9. The van der Waals surface area contributed by atoms with Gasteiger partial charge in [-0.3, -0.25) is 0 Å². The molecule has 90 valence electrons. The minimum absolute atomic E-state index is 0.631. The van der Waals surface area contributed by atoms with Gasteiger partial charge in [0.25, 0.3) is 0 Å². The van der Waals surface area contributed by atoms with Gasteiger partial charge in [0.15, 0.2) is 0 Å². The normalized spacial score (nSPS) is 11.3. The maximum absolute atomic E-state index is 5.53. The van der Waals surface area contributed by atoms with Gasteiger partial charge in [-0.25, -0.2) is 0 Å². The van der Waals surface area contributed by atoms with E-state index < -0.39 is 0 Å². The summed E-state index contributed by atoms with van der Waals surface area (Å²) in [7, 11) is 0. The molecule has 15 heavy (non-hydrogen) atoms. The fraction of sp³-hybridized carbons (Fsp3) is 0.909. The van der Waals surface area contributed by atoms with Crippen LogP contribution in [-0.4, -0.2) is 41.0 Å². The summed E-state index contributed by atoms with van der Waals surface area (Å²) in [5.41, 5.74) is 5.53. The second-order valence-corrected chi connectivity index (χ2v) is 6.03. The van der Waals surface area contributed by atoms with Crippen LogP contribution in [0.4, 0.5) is 0 Å². The number of hydrogen-bond acceptors (Lipinski definition) is 3. The van der Waals surface area contributed by atoms with E-state index in [9.17, 15) is 0 Å². The summed E-state index contributed by atoms with van der Waals surface area (Å²) in [6.07, 6.45) is 0.846. The molecule has 0 bridgehead atoms. The van der Waals surface area contributed by atoms with Gasteiger partial charge in [0.2, 0.25) is 0 Å². The zero-order chi connectivity index (χ0) is 11.7. The van der Waals surface area contributed by atoms with Crippen molar-refractivity contribution in [3.63, 3.8) is 0 Å². The van der Waals surface area contributed by atoms with Gasteiger partial charge < -0.3 is 10.6 Å². The molecule has 0 aliphatic heterocycles. The van der Waals surface area contributed by atoms with E-state index in [4.69, 9.17) is 18.0 Å². The van der Waals surface area contributed by atoms with Crippen molar-refractivity contribution in [1.29, 1.82) is 0 Å². The molecule has 2 N–H and O–H groups in total. The minimum Gasteiger partial charge on any atom is -0.393 e. The fourth-order valence-electron chi connectivity index (χ4n) is 1.42. The Kier molecular flexibility index (Phi) is 9.55. The van der Waals surface area contributed by atoms with Crippen LogP contribution in [0.2, 0.25) is 0 Å². The molecule has 0 fully saturated rings. The third-order valence-electron chi connectivity index (χ3n) is 2.05. The van der Waals surface area contributed by atoms with Crippen molar-refractivity contribution < 1.29 is 0 Å². The molecule has 0 aromatic carbocycles. The topological polar surface area (TPSA) is 29.3 Å². The molecule has 0 amide bonds. The fourth-order valence-corrected chi connectivity index (χ4v) is 2.18. The van der Waals surface area contributed by atoms with Crippen LogP contribution in [0.15, 0.2) is 0 Å². The van der Waals surface area contributed by atoms with Crippen molar-refractivity contribution in [2.75, 3.05) is 31.1 Å². The summed E-state index contributed by atoms with van der Waals surface area (Å²) in [5, 5.41) is 0. The minimum atomic E-state index is 0.631. The smallest absolute Gasteiger partial charge is 0.0740 e. The Morgan fingerprint density at radius 1 is 1.40 bits per heavy atom. The van der Waals surface area contributed by atoms with Gasteiger partial charge in [-0.05, 0) is 11.7 Å². The van der Waals surface area contributed by atoms with E-state index in [2.05, 4.69) is 25.7 Å². The predicted octanol–water partition coefficient (Wildman–Crippen LogP) is 2.37. The Morgan fingerprint density at radius 3 is 2.53 bits per heavy atom. The molecule has 4 heteroatoms. The van der Waals surface area contributed by atoms with Crippen LogP contribution in [0.25, 0.3) is 0 Å². The van der Waals surface area contributed by atoms with E-state index in [1.54, 1.807) is 0 Å². The number of nitrogens with zero attached hydrogens (tertiary/aromatic N) is 1. The zero-order valence-electron chi connectivity index (χ0n) is 10.2. The van der Waals surface area contributed by atoms with Crippen LogP contribution in [0, 0.1) is 5.92 Å². The highest BCUT2D eigenvalue weighted by molar-refractivity contribution is 7.99. The third kappa shape index (κ3) is 10.5. The highest BCUT2D eigenvalue weighted by Crippen LogP contribution is 2.04. The Hall–Kier alpha value is 0.200. The van der Waals surface area contributed by atoms with E-state index >= 15 is 0 Å². The predicted molar refractivity (Wildman–Crippen MR) is 75.7 cm³/mol. The first-order chi connectivity index (χ1) is 7.06. The first-order valence-corrected chi connectivity index (χ1v) is 7.21. The molecule has 0 radical (unpaired) electrons. The molecule has 0 saturated carbocycles. The highest BCUT2D eigenvalue weighted by atomic mass is 32.2. The van der Waals surface area contributed by atoms with Gasteiger partial charge in [0.1, 0.15) is 0 Å². The largest absolute Gasteiger partial charge is 0.393 e. The lowest BCUT2D eigenvalue weighted by Gasteiger charge is -2.23. The number of thioether (sulfide) groups is 1. The molecule has 0 unspecified atom stereocenters. The Bertz CT molecular complexity index is 172. The van der Waals surface area contributed by atoms with Gasteiger partial charge >= 0.3 is 0 Å². The van der Waals surface area contributed by atoms with Gasteiger partial charge in [-0.2, -0.15) is 11.8 Å². The molecule has 0 aromatic heterocycles. The molecule has 0 aromatic rings. The summed E-state index contributed by atoms with van der Waals surface area (Å²) in [4.78, 5) is 3.10. The SMILES string of the molecule is CCSCCN(CCC(N)=S)CC(C)C. The molecule has 0 aliphatic rings. The molecular formula is C11H24N2S2. The average Bonchev–Trinajstić information content (AvgIpc) is 2.13. The highest BCUT2D eigenvalue weighted by Gasteiger charge is 2.07. The maximum atomic E-state index is 5.53. The van der Waals surface area contributed by atoms with Crippen LogP contribution in [0.1, 0.15) is 27.2 Å². The van der Waals surface area contributed by atoms with Crippen molar-refractivity contribution in [3.8, 4) is 0 Å². The van der Waals surface area contributed by atoms with Gasteiger partial charge in [0, 0.05) is 31.8 Å². The first kappa shape index (κ1) is 15.2. The molecule has 0 spiro atoms. The first-order valence-electron chi connectivity index (χ1n) is 5.64. The molecule has 0 atom stereocenters. The van der Waals surface area contributed by atoms with E-state index in [0.717, 1.165) is 26.1 Å². The van der Waals surface area contributed by atoms with Crippen molar-refractivity contribution in [3.05, 3.63) is 0 Å². The van der Waals surface area contributed by atoms with Crippen molar-refractivity contribution >= 4 is 29.0 Å². The average molecular weight is 248 g/mol. The van der Waals surface area contributed by atoms with Gasteiger partial charge in [-0.15, -0.1) is 0 Å². The van der Waals surface area contributed by atoms with E-state index in [1.165, 1.54) is 11.5 Å². The molecule has 0 rings (SSSR count). The standard InChI is InChI=1S/C11H24N2S2/c1-4-15-8-7-13(9-10(2)3)6-5-11(12)14/h10H,4-9H2,1-3H3,(H2,12,14). The number of hydrogen-bond donors (Lipinski definition) is 1. The molecular weight excluding hydrogens is 224 g/mol. The van der Waals surface area contributed by atoms with Crippen LogP contribution < -0.4 is 5.73 Å². The second-order valence-electron chi connectivity index (χ2n) is 4.11.